The molecule has 2 rings (SSSR count). The first-order valence-electron chi connectivity index (χ1n) is 7.99. The molecule has 0 saturated heterocycles. The summed E-state index contributed by atoms with van der Waals surface area (Å²) in [5.74, 6) is 1.62. The molecule has 4 nitrogen and oxygen atoms in total. The molecule has 0 bridgehead atoms. The number of halogens is 2. The summed E-state index contributed by atoms with van der Waals surface area (Å²) in [6.45, 7) is 6.38. The smallest absolute Gasteiger partial charge is 0.191 e. The molecular weight excluding hydrogens is 470 g/mol. The van der Waals surface area contributed by atoms with Gasteiger partial charge in [0.1, 0.15) is 5.82 Å². The molecule has 0 aliphatic heterocycles. The number of aryl methyl sites for hydroxylation is 1. The maximum Gasteiger partial charge on any atom is 0.191 e. The molecule has 0 amide bonds. The maximum absolute atomic E-state index is 12.8. The van der Waals surface area contributed by atoms with E-state index in [1.807, 2.05) is 25.3 Å². The minimum atomic E-state index is -0.191. The zero-order chi connectivity index (χ0) is 17.2. The van der Waals surface area contributed by atoms with Gasteiger partial charge in [-0.25, -0.2) is 14.4 Å². The van der Waals surface area contributed by atoms with Gasteiger partial charge in [-0.05, 0) is 50.3 Å². The predicted molar refractivity (Wildman–Crippen MR) is 117 cm³/mol. The number of thioether (sulfide) groups is 1. The zero-order valence-corrected chi connectivity index (χ0v) is 18.4. The van der Waals surface area contributed by atoms with Gasteiger partial charge < -0.3 is 10.6 Å². The topological polar surface area (TPSA) is 49.3 Å². The highest BCUT2D eigenvalue weighted by Gasteiger charge is 2.00. The molecule has 0 radical (unpaired) electrons. The third kappa shape index (κ3) is 8.87. The van der Waals surface area contributed by atoms with E-state index >= 15 is 0 Å². The summed E-state index contributed by atoms with van der Waals surface area (Å²) in [4.78, 5) is 11.1. The number of thiazole rings is 1. The quantitative estimate of drug-likeness (QED) is 0.187. The van der Waals surface area contributed by atoms with Crippen molar-refractivity contribution in [2.75, 3.05) is 18.8 Å². The van der Waals surface area contributed by atoms with Gasteiger partial charge in [0.05, 0.1) is 11.6 Å². The van der Waals surface area contributed by atoms with Gasteiger partial charge in [-0.2, -0.15) is 0 Å². The summed E-state index contributed by atoms with van der Waals surface area (Å²) >= 11 is 3.41. The van der Waals surface area contributed by atoms with Crippen LogP contribution in [0.5, 0.6) is 0 Å². The summed E-state index contributed by atoms with van der Waals surface area (Å²) in [6.07, 6.45) is 2.89. The van der Waals surface area contributed by atoms with Gasteiger partial charge in [-0.15, -0.1) is 47.1 Å². The Hall–Kier alpha value is -0.870. The molecule has 1 heterocycles. The van der Waals surface area contributed by atoms with Crippen molar-refractivity contribution >= 4 is 53.0 Å². The molecule has 0 saturated carbocycles. The van der Waals surface area contributed by atoms with E-state index in [-0.39, 0.29) is 29.8 Å². The van der Waals surface area contributed by atoms with Crippen LogP contribution in [0.4, 0.5) is 4.39 Å². The minimum absolute atomic E-state index is 0. The van der Waals surface area contributed by atoms with Crippen LogP contribution in [0.1, 0.15) is 23.2 Å². The lowest BCUT2D eigenvalue weighted by Crippen LogP contribution is -2.37. The number of nitrogens with zero attached hydrogens (tertiary/aromatic N) is 2. The predicted octanol–water partition coefficient (Wildman–Crippen LogP) is 4.45. The molecule has 0 unspecified atom stereocenters. The summed E-state index contributed by atoms with van der Waals surface area (Å²) in [5, 5.41) is 7.66. The molecule has 2 aromatic rings. The number of aliphatic imine (C=N–C) groups is 1. The van der Waals surface area contributed by atoms with Crippen molar-refractivity contribution in [1.29, 1.82) is 0 Å². The Morgan fingerprint density at radius 2 is 2.04 bits per heavy atom. The van der Waals surface area contributed by atoms with Gasteiger partial charge in [0.15, 0.2) is 5.96 Å². The van der Waals surface area contributed by atoms with Crippen molar-refractivity contribution in [3.05, 3.63) is 46.2 Å². The van der Waals surface area contributed by atoms with Gasteiger partial charge >= 0.3 is 0 Å². The van der Waals surface area contributed by atoms with Crippen LogP contribution in [-0.2, 0) is 6.54 Å². The first kappa shape index (κ1) is 22.2. The van der Waals surface area contributed by atoms with Gasteiger partial charge in [0, 0.05) is 29.1 Å². The second-order valence-corrected chi connectivity index (χ2v) is 7.61. The molecule has 1 aromatic heterocycles. The van der Waals surface area contributed by atoms with Crippen molar-refractivity contribution in [2.24, 2.45) is 4.99 Å². The van der Waals surface area contributed by atoms with Crippen molar-refractivity contribution in [3.8, 4) is 0 Å². The number of hydrogen-bond donors (Lipinski definition) is 2. The van der Waals surface area contributed by atoms with E-state index in [0.717, 1.165) is 46.0 Å². The van der Waals surface area contributed by atoms with Crippen molar-refractivity contribution in [3.63, 3.8) is 0 Å². The van der Waals surface area contributed by atoms with Crippen molar-refractivity contribution < 1.29 is 4.39 Å². The van der Waals surface area contributed by atoms with E-state index in [9.17, 15) is 4.39 Å². The largest absolute Gasteiger partial charge is 0.357 e. The highest BCUT2D eigenvalue weighted by Crippen LogP contribution is 2.18. The minimum Gasteiger partial charge on any atom is -0.357 e. The van der Waals surface area contributed by atoms with Crippen LogP contribution in [0.15, 0.2) is 40.4 Å². The third-order valence-corrected chi connectivity index (χ3v) is 5.10. The standard InChI is InChI=1S/C17H23FN4S2.HI/c1-3-19-17(22-12-16-11-21-13(2)24-16)20-9-4-10-23-15-7-5-14(18)6-8-15;/h5-8,11H,3-4,9-10,12H2,1-2H3,(H2,19,20,22);1H. The van der Waals surface area contributed by atoms with Crippen molar-refractivity contribution in [2.45, 2.75) is 31.7 Å². The van der Waals surface area contributed by atoms with Crippen LogP contribution in [0.25, 0.3) is 0 Å². The lowest BCUT2D eigenvalue weighted by Gasteiger charge is -2.10. The van der Waals surface area contributed by atoms with Crippen LogP contribution < -0.4 is 10.6 Å². The second-order valence-electron chi connectivity index (χ2n) is 5.12. The Morgan fingerprint density at radius 1 is 1.28 bits per heavy atom. The van der Waals surface area contributed by atoms with Gasteiger partial charge in [-0.3, -0.25) is 0 Å². The van der Waals surface area contributed by atoms with Gasteiger partial charge in [0.25, 0.3) is 0 Å². The van der Waals surface area contributed by atoms with Gasteiger partial charge in [0.2, 0.25) is 0 Å². The van der Waals surface area contributed by atoms with E-state index in [4.69, 9.17) is 0 Å². The number of guanidine groups is 1. The molecule has 25 heavy (non-hydrogen) atoms. The third-order valence-electron chi connectivity index (χ3n) is 3.10. The normalized spacial score (nSPS) is 11.1. The Bertz CT molecular complexity index is 646. The van der Waals surface area contributed by atoms with Crippen LogP contribution in [0.2, 0.25) is 0 Å². The molecule has 0 spiro atoms. The molecule has 0 atom stereocenters. The van der Waals surface area contributed by atoms with Crippen LogP contribution >= 0.6 is 47.1 Å². The molecule has 138 valence electrons. The Morgan fingerprint density at radius 3 is 2.68 bits per heavy atom. The van der Waals surface area contributed by atoms with E-state index in [1.165, 1.54) is 12.1 Å². The zero-order valence-electron chi connectivity index (χ0n) is 14.4. The SMILES string of the molecule is CCNC(=NCc1cnc(C)s1)NCCCSc1ccc(F)cc1.I. The highest BCUT2D eigenvalue weighted by atomic mass is 127. The number of aromatic nitrogens is 1. The van der Waals surface area contributed by atoms with E-state index in [1.54, 1.807) is 23.1 Å². The first-order valence-corrected chi connectivity index (χ1v) is 9.79. The number of benzene rings is 1. The Balaban J connectivity index is 0.00000312. The molecule has 2 N–H and O–H groups in total. The van der Waals surface area contributed by atoms with E-state index in [2.05, 4.69) is 27.5 Å². The average molecular weight is 494 g/mol. The highest BCUT2D eigenvalue weighted by molar-refractivity contribution is 14.0. The van der Waals surface area contributed by atoms with Crippen LogP contribution in [-0.4, -0.2) is 29.8 Å². The maximum atomic E-state index is 12.8. The fourth-order valence-electron chi connectivity index (χ4n) is 1.98. The van der Waals surface area contributed by atoms with Gasteiger partial charge in [-0.1, -0.05) is 0 Å². The second kappa shape index (κ2) is 12.5. The molecule has 0 aliphatic rings. The molecule has 0 fully saturated rings. The Kier molecular flexibility index (Phi) is 11.1. The van der Waals surface area contributed by atoms with Crippen LogP contribution in [0, 0.1) is 12.7 Å². The fourth-order valence-corrected chi connectivity index (χ4v) is 3.55. The molecule has 8 heteroatoms. The number of rotatable bonds is 8. The Labute approximate surface area is 174 Å². The number of hydrogen-bond acceptors (Lipinski definition) is 4. The molecular formula is C17H24FIN4S2. The lowest BCUT2D eigenvalue weighted by molar-refractivity contribution is 0.626. The van der Waals surface area contributed by atoms with Crippen LogP contribution in [0.3, 0.4) is 0 Å². The molecule has 0 aliphatic carbocycles. The van der Waals surface area contributed by atoms with Crippen molar-refractivity contribution in [1.82, 2.24) is 15.6 Å². The van der Waals surface area contributed by atoms with E-state index < -0.39 is 0 Å². The fraction of sp³-hybridized carbons (Fsp3) is 0.412. The average Bonchev–Trinajstić information content (AvgIpc) is 2.99. The summed E-state index contributed by atoms with van der Waals surface area (Å²) in [7, 11) is 0. The number of nitrogens with one attached hydrogen (secondary N) is 2. The molecule has 1 aromatic carbocycles. The summed E-state index contributed by atoms with van der Waals surface area (Å²) in [6, 6.07) is 6.63. The lowest BCUT2D eigenvalue weighted by atomic mass is 10.4. The van der Waals surface area contributed by atoms with E-state index in [0.29, 0.717) is 6.54 Å². The summed E-state index contributed by atoms with van der Waals surface area (Å²) < 4.78 is 12.8. The monoisotopic (exact) mass is 494 g/mol. The first-order chi connectivity index (χ1) is 11.7. The summed E-state index contributed by atoms with van der Waals surface area (Å²) in [5.41, 5.74) is 0.